The van der Waals surface area contributed by atoms with Crippen molar-refractivity contribution < 1.29 is 19.1 Å². The molecule has 0 amide bonds. The lowest BCUT2D eigenvalue weighted by atomic mass is 10.1. The summed E-state index contributed by atoms with van der Waals surface area (Å²) in [6.45, 7) is 3.18. The summed E-state index contributed by atoms with van der Waals surface area (Å²) in [5.41, 5.74) is 6.81. The first-order valence-electron chi connectivity index (χ1n) is 16.4. The van der Waals surface area contributed by atoms with Crippen LogP contribution in [0.25, 0.3) is 18.2 Å². The summed E-state index contributed by atoms with van der Waals surface area (Å²) in [7, 11) is 8.74. The Morgan fingerprint density at radius 2 is 1.20 bits per heavy atom. The molecule has 0 bridgehead atoms. The Labute approximate surface area is 299 Å². The van der Waals surface area contributed by atoms with Gasteiger partial charge in [0.25, 0.3) is 0 Å². The lowest BCUT2D eigenvalue weighted by Gasteiger charge is -2.19. The van der Waals surface area contributed by atoms with Crippen LogP contribution < -0.4 is 9.80 Å². The van der Waals surface area contributed by atoms with Crippen molar-refractivity contribution in [2.45, 2.75) is 12.8 Å². The van der Waals surface area contributed by atoms with Crippen LogP contribution in [0.4, 0.5) is 11.4 Å². The molecule has 0 saturated carbocycles. The molecule has 8 nitrogen and oxygen atoms in total. The number of carbonyl (C=O) groups is 2. The van der Waals surface area contributed by atoms with Gasteiger partial charge in [-0.3, -0.25) is 14.6 Å². The highest BCUT2D eigenvalue weighted by atomic mass is 33.1. The standard InChI is InChI=1S/C39H46N4O4S2/c1-41-26-20-35(21-27-41)9-7-33-12-16-37(17-13-33)43(3)25-5-29-47-39(45)31-49-48-30-38(44)46-28-4-24-42(2)36-14-10-32(11-15-36)6-8-34-18-22-40-23-19-34/h6-23,26H,4-5,24-25,27-31H2,1-3H3/b8-6+,9-7+. The number of aromatic nitrogens is 1. The van der Waals surface area contributed by atoms with E-state index in [9.17, 15) is 9.59 Å². The largest absolute Gasteiger partial charge is 0.465 e. The summed E-state index contributed by atoms with van der Waals surface area (Å²) >= 11 is 0. The molecule has 0 spiro atoms. The van der Waals surface area contributed by atoms with E-state index in [-0.39, 0.29) is 23.4 Å². The van der Waals surface area contributed by atoms with Gasteiger partial charge in [0.15, 0.2) is 0 Å². The minimum Gasteiger partial charge on any atom is -0.465 e. The van der Waals surface area contributed by atoms with E-state index in [4.69, 9.17) is 9.47 Å². The molecule has 0 aliphatic carbocycles. The van der Waals surface area contributed by atoms with Crippen molar-refractivity contribution in [3.63, 3.8) is 0 Å². The van der Waals surface area contributed by atoms with Gasteiger partial charge in [-0.05, 0) is 83.8 Å². The predicted molar refractivity (Wildman–Crippen MR) is 208 cm³/mol. The Kier molecular flexibility index (Phi) is 15.9. The van der Waals surface area contributed by atoms with Crippen molar-refractivity contribution in [3.05, 3.63) is 120 Å². The summed E-state index contributed by atoms with van der Waals surface area (Å²) < 4.78 is 10.7. The second-order valence-corrected chi connectivity index (χ2v) is 14.1. The number of anilines is 2. The molecule has 1 aromatic heterocycles. The van der Waals surface area contributed by atoms with E-state index in [0.717, 1.165) is 60.5 Å². The molecule has 1 aliphatic rings. The average Bonchev–Trinajstić information content (AvgIpc) is 3.13. The highest BCUT2D eigenvalue weighted by Crippen LogP contribution is 2.22. The smallest absolute Gasteiger partial charge is 0.316 e. The first-order valence-corrected chi connectivity index (χ1v) is 18.9. The van der Waals surface area contributed by atoms with Crippen LogP contribution in [0.3, 0.4) is 0 Å². The molecule has 0 unspecified atom stereocenters. The second-order valence-electron chi connectivity index (χ2n) is 11.6. The maximum Gasteiger partial charge on any atom is 0.316 e. The summed E-state index contributed by atoms with van der Waals surface area (Å²) in [6, 6.07) is 20.7. The molecule has 49 heavy (non-hydrogen) atoms. The molecule has 0 atom stereocenters. The number of ether oxygens (including phenoxy) is 2. The number of hydrogen-bond acceptors (Lipinski definition) is 10. The maximum absolute atomic E-state index is 12.1. The van der Waals surface area contributed by atoms with Crippen LogP contribution in [0.1, 0.15) is 29.5 Å². The van der Waals surface area contributed by atoms with Gasteiger partial charge in [-0.1, -0.05) is 76.2 Å². The van der Waals surface area contributed by atoms with Crippen LogP contribution in [0, 0.1) is 0 Å². The van der Waals surface area contributed by atoms with Gasteiger partial charge in [0.1, 0.15) is 11.5 Å². The van der Waals surface area contributed by atoms with Crippen molar-refractivity contribution in [2.75, 3.05) is 75.3 Å². The summed E-state index contributed by atoms with van der Waals surface area (Å²) in [6.07, 6.45) is 19.8. The first kappa shape index (κ1) is 37.4. The number of pyridine rings is 1. The van der Waals surface area contributed by atoms with Crippen LogP contribution in [0.15, 0.2) is 103 Å². The molecular formula is C39H46N4O4S2. The normalized spacial score (nSPS) is 12.7. The van der Waals surface area contributed by atoms with Crippen molar-refractivity contribution in [3.8, 4) is 0 Å². The van der Waals surface area contributed by atoms with E-state index in [2.05, 4.69) is 118 Å². The lowest BCUT2D eigenvalue weighted by molar-refractivity contribution is -0.141. The van der Waals surface area contributed by atoms with Crippen LogP contribution in [-0.2, 0) is 19.1 Å². The Hall–Kier alpha value is -4.41. The molecule has 2 heterocycles. The number of esters is 2. The average molecular weight is 699 g/mol. The Morgan fingerprint density at radius 3 is 1.67 bits per heavy atom. The minimum atomic E-state index is -0.280. The zero-order valence-corrected chi connectivity index (χ0v) is 30.2. The Balaban J connectivity index is 0.993. The van der Waals surface area contributed by atoms with E-state index >= 15 is 0 Å². The molecule has 3 aromatic rings. The van der Waals surface area contributed by atoms with Crippen molar-refractivity contribution >= 4 is 63.1 Å². The van der Waals surface area contributed by atoms with Crippen molar-refractivity contribution in [1.82, 2.24) is 9.88 Å². The zero-order valence-electron chi connectivity index (χ0n) is 28.6. The van der Waals surface area contributed by atoms with E-state index in [1.807, 2.05) is 26.2 Å². The first-order chi connectivity index (χ1) is 23.9. The Bertz CT molecular complexity index is 1570. The van der Waals surface area contributed by atoms with Gasteiger partial charge < -0.3 is 24.2 Å². The maximum atomic E-state index is 12.1. The quantitative estimate of drug-likeness (QED) is 0.0715. The summed E-state index contributed by atoms with van der Waals surface area (Å²) in [5.74, 6) is -0.179. The van der Waals surface area contributed by atoms with E-state index in [1.54, 1.807) is 12.4 Å². The number of carbonyl (C=O) groups excluding carboxylic acids is 2. The van der Waals surface area contributed by atoms with Crippen LogP contribution >= 0.6 is 21.6 Å². The molecule has 0 fully saturated rings. The fourth-order valence-corrected chi connectivity index (χ4v) is 6.35. The monoisotopic (exact) mass is 698 g/mol. The lowest BCUT2D eigenvalue weighted by Crippen LogP contribution is -2.21. The van der Waals surface area contributed by atoms with Gasteiger partial charge in [0, 0.05) is 64.5 Å². The fourth-order valence-electron chi connectivity index (χ4n) is 4.75. The zero-order chi connectivity index (χ0) is 34.7. The molecule has 0 N–H and O–H groups in total. The Morgan fingerprint density at radius 1 is 0.735 bits per heavy atom. The topological polar surface area (TPSA) is 75.2 Å². The number of nitrogens with zero attached hydrogens (tertiary/aromatic N) is 4. The third-order valence-electron chi connectivity index (χ3n) is 7.69. The molecule has 0 saturated heterocycles. The second kappa shape index (κ2) is 20.8. The van der Waals surface area contributed by atoms with Gasteiger partial charge in [-0.2, -0.15) is 0 Å². The third kappa shape index (κ3) is 14.3. The molecule has 4 rings (SSSR count). The van der Waals surface area contributed by atoms with E-state index in [1.165, 1.54) is 27.2 Å². The molecule has 0 radical (unpaired) electrons. The number of rotatable bonds is 19. The number of allylic oxidation sites excluding steroid dienone is 3. The van der Waals surface area contributed by atoms with E-state index in [0.29, 0.717) is 13.2 Å². The summed E-state index contributed by atoms with van der Waals surface area (Å²) in [4.78, 5) is 34.7. The molecular weight excluding hydrogens is 653 g/mol. The van der Waals surface area contributed by atoms with Gasteiger partial charge >= 0.3 is 11.9 Å². The van der Waals surface area contributed by atoms with Gasteiger partial charge in [-0.15, -0.1) is 0 Å². The van der Waals surface area contributed by atoms with Crippen LogP contribution in [-0.4, -0.2) is 87.3 Å². The van der Waals surface area contributed by atoms with Crippen molar-refractivity contribution in [1.29, 1.82) is 0 Å². The molecule has 10 heteroatoms. The molecule has 1 aliphatic heterocycles. The summed E-state index contributed by atoms with van der Waals surface area (Å²) in [5, 5.41) is 0. The van der Waals surface area contributed by atoms with Gasteiger partial charge in [0.2, 0.25) is 0 Å². The number of likely N-dealkylation sites (N-methyl/N-ethyl adjacent to an activating group) is 1. The molecule has 2 aromatic carbocycles. The van der Waals surface area contributed by atoms with Gasteiger partial charge in [-0.25, -0.2) is 0 Å². The predicted octanol–water partition coefficient (Wildman–Crippen LogP) is 7.47. The molecule has 258 valence electrons. The number of hydrogen-bond donors (Lipinski definition) is 0. The van der Waals surface area contributed by atoms with Crippen LogP contribution in [0.5, 0.6) is 0 Å². The highest BCUT2D eigenvalue weighted by Gasteiger charge is 2.09. The fraction of sp³-hybridized carbons (Fsp3) is 0.308. The minimum absolute atomic E-state index is 0.189. The number of benzene rings is 2. The third-order valence-corrected chi connectivity index (χ3v) is 9.77. The van der Waals surface area contributed by atoms with Gasteiger partial charge in [0.05, 0.1) is 13.2 Å². The van der Waals surface area contributed by atoms with E-state index < -0.39 is 0 Å². The van der Waals surface area contributed by atoms with Crippen LogP contribution in [0.2, 0.25) is 0 Å². The highest BCUT2D eigenvalue weighted by molar-refractivity contribution is 8.77. The SMILES string of the molecule is CN1C=CC(/C=C/c2ccc(N(C)CCCOC(=O)CSSCC(=O)OCCCN(C)c3ccc(/C=C/c4ccncc4)cc3)cc2)=CC1. The van der Waals surface area contributed by atoms with Crippen molar-refractivity contribution in [2.24, 2.45) is 0 Å².